The fourth-order valence-electron chi connectivity index (χ4n) is 1.51. The van der Waals surface area contributed by atoms with Crippen molar-refractivity contribution in [2.45, 2.75) is 9.37 Å². The molecule has 0 saturated heterocycles. The maximum atomic E-state index is 4.98. The summed E-state index contributed by atoms with van der Waals surface area (Å²) in [7, 11) is 1.67. The summed E-state index contributed by atoms with van der Waals surface area (Å²) in [5.74, 6) is 0. The van der Waals surface area contributed by atoms with Crippen LogP contribution in [0.5, 0.6) is 0 Å². The van der Waals surface area contributed by atoms with E-state index in [0.717, 1.165) is 31.3 Å². The molecule has 20 heavy (non-hydrogen) atoms. The van der Waals surface area contributed by atoms with Crippen LogP contribution < -0.4 is 5.32 Å². The number of fused-ring (bicyclic) bond motifs is 1. The van der Waals surface area contributed by atoms with Crippen molar-refractivity contribution in [3.63, 3.8) is 0 Å². The molecule has 3 heterocycles. The van der Waals surface area contributed by atoms with Crippen LogP contribution in [0.4, 0.5) is 5.13 Å². The summed E-state index contributed by atoms with van der Waals surface area (Å²) in [5.41, 5.74) is 0. The highest BCUT2D eigenvalue weighted by Crippen LogP contribution is 2.35. The molecule has 0 spiro atoms. The molecule has 0 aliphatic rings. The quantitative estimate of drug-likeness (QED) is 0.552. The summed E-state index contributed by atoms with van der Waals surface area (Å²) in [5, 5.41) is 16.2. The van der Waals surface area contributed by atoms with E-state index in [-0.39, 0.29) is 0 Å². The van der Waals surface area contributed by atoms with Crippen molar-refractivity contribution in [3.8, 4) is 0 Å². The molecule has 3 aromatic heterocycles. The van der Waals surface area contributed by atoms with Crippen LogP contribution in [-0.2, 0) is 4.74 Å². The summed E-state index contributed by atoms with van der Waals surface area (Å²) in [6.45, 7) is 1.36. The van der Waals surface area contributed by atoms with Crippen molar-refractivity contribution >= 4 is 49.8 Å². The summed E-state index contributed by atoms with van der Waals surface area (Å²) >= 11 is 4.62. The lowest BCUT2D eigenvalue weighted by Crippen LogP contribution is -2.06. The first-order valence-electron chi connectivity index (χ1n) is 5.79. The van der Waals surface area contributed by atoms with Crippen molar-refractivity contribution in [2.24, 2.45) is 0 Å². The monoisotopic (exact) mass is 325 g/mol. The SMILES string of the molecule is COCCNc1nnc(Sc2ncnc3sccc23)s1. The predicted octanol–water partition coefficient (Wildman–Crippen LogP) is 2.75. The van der Waals surface area contributed by atoms with Gasteiger partial charge in [0.1, 0.15) is 16.2 Å². The molecule has 3 rings (SSSR count). The molecule has 3 aromatic rings. The molecule has 104 valence electrons. The van der Waals surface area contributed by atoms with Crippen LogP contribution in [0.1, 0.15) is 0 Å². The Kier molecular flexibility index (Phi) is 4.41. The normalized spacial score (nSPS) is 11.1. The fraction of sp³-hybridized carbons (Fsp3) is 0.273. The van der Waals surface area contributed by atoms with Crippen LogP contribution in [0, 0.1) is 0 Å². The molecule has 0 fully saturated rings. The number of aromatic nitrogens is 4. The van der Waals surface area contributed by atoms with Crippen LogP contribution in [0.25, 0.3) is 10.2 Å². The highest BCUT2D eigenvalue weighted by atomic mass is 32.2. The standard InChI is InChI=1S/C11H11N5OS3/c1-17-4-3-12-10-15-16-11(20-10)19-9-7-2-5-18-8(7)13-6-14-9/h2,5-6H,3-4H2,1H3,(H,12,15). The van der Waals surface area contributed by atoms with Gasteiger partial charge in [0.15, 0.2) is 4.34 Å². The van der Waals surface area contributed by atoms with Gasteiger partial charge in [-0.3, -0.25) is 0 Å². The lowest BCUT2D eigenvalue weighted by Gasteiger charge is -1.99. The highest BCUT2D eigenvalue weighted by Gasteiger charge is 2.10. The third kappa shape index (κ3) is 3.06. The molecule has 0 amide bonds. The van der Waals surface area contributed by atoms with E-state index in [0.29, 0.717) is 6.61 Å². The number of hydrogen-bond acceptors (Lipinski definition) is 9. The number of nitrogens with zero attached hydrogens (tertiary/aromatic N) is 4. The van der Waals surface area contributed by atoms with Gasteiger partial charge in [0.05, 0.1) is 6.61 Å². The average Bonchev–Trinajstić information content (AvgIpc) is 3.09. The lowest BCUT2D eigenvalue weighted by atomic mass is 10.4. The molecule has 6 nitrogen and oxygen atoms in total. The van der Waals surface area contributed by atoms with Gasteiger partial charge >= 0.3 is 0 Å². The largest absolute Gasteiger partial charge is 0.383 e. The zero-order chi connectivity index (χ0) is 13.8. The molecule has 0 saturated carbocycles. The van der Waals surface area contributed by atoms with Crippen LogP contribution in [0.15, 0.2) is 27.1 Å². The minimum absolute atomic E-state index is 0.642. The van der Waals surface area contributed by atoms with Gasteiger partial charge in [-0.2, -0.15) is 0 Å². The Hall–Kier alpha value is -1.29. The molecule has 0 radical (unpaired) electrons. The Morgan fingerprint density at radius 1 is 1.35 bits per heavy atom. The molecule has 0 atom stereocenters. The smallest absolute Gasteiger partial charge is 0.206 e. The number of ether oxygens (including phenoxy) is 1. The second kappa shape index (κ2) is 6.44. The fourth-order valence-corrected chi connectivity index (χ4v) is 4.08. The van der Waals surface area contributed by atoms with Crippen molar-refractivity contribution in [1.82, 2.24) is 20.2 Å². The Morgan fingerprint density at radius 3 is 3.20 bits per heavy atom. The van der Waals surface area contributed by atoms with E-state index in [9.17, 15) is 0 Å². The summed E-state index contributed by atoms with van der Waals surface area (Å²) < 4.78 is 5.84. The predicted molar refractivity (Wildman–Crippen MR) is 81.8 cm³/mol. The van der Waals surface area contributed by atoms with E-state index in [1.54, 1.807) is 24.8 Å². The third-order valence-corrected chi connectivity index (χ3v) is 5.17. The number of thiophene rings is 1. The van der Waals surface area contributed by atoms with E-state index in [4.69, 9.17) is 4.74 Å². The van der Waals surface area contributed by atoms with Crippen LogP contribution in [0.3, 0.4) is 0 Å². The maximum absolute atomic E-state index is 4.98. The van der Waals surface area contributed by atoms with Crippen molar-refractivity contribution in [2.75, 3.05) is 25.6 Å². The van der Waals surface area contributed by atoms with Gasteiger partial charge in [-0.05, 0) is 23.2 Å². The van der Waals surface area contributed by atoms with E-state index in [1.807, 2.05) is 11.4 Å². The second-order valence-corrected chi connectivity index (χ2v) is 6.82. The van der Waals surface area contributed by atoms with E-state index >= 15 is 0 Å². The Bertz CT molecular complexity index is 698. The molecule has 0 unspecified atom stereocenters. The van der Waals surface area contributed by atoms with Crippen LogP contribution in [-0.4, -0.2) is 40.4 Å². The summed E-state index contributed by atoms with van der Waals surface area (Å²) in [4.78, 5) is 9.54. The van der Waals surface area contributed by atoms with Gasteiger partial charge in [-0.25, -0.2) is 9.97 Å². The zero-order valence-corrected chi connectivity index (χ0v) is 13.0. The van der Waals surface area contributed by atoms with E-state index in [2.05, 4.69) is 25.5 Å². The first-order valence-corrected chi connectivity index (χ1v) is 8.30. The molecule has 0 aliphatic heterocycles. The molecular formula is C11H11N5OS3. The molecule has 9 heteroatoms. The number of methoxy groups -OCH3 is 1. The first-order chi connectivity index (χ1) is 9.86. The summed E-state index contributed by atoms with van der Waals surface area (Å²) in [6, 6.07) is 2.03. The molecule has 0 aliphatic carbocycles. The zero-order valence-electron chi connectivity index (χ0n) is 10.6. The van der Waals surface area contributed by atoms with Gasteiger partial charge in [-0.1, -0.05) is 11.3 Å². The topological polar surface area (TPSA) is 72.8 Å². The van der Waals surface area contributed by atoms with E-state index in [1.165, 1.54) is 23.1 Å². The number of anilines is 1. The highest BCUT2D eigenvalue weighted by molar-refractivity contribution is 8.01. The number of hydrogen-bond donors (Lipinski definition) is 1. The lowest BCUT2D eigenvalue weighted by molar-refractivity contribution is 0.211. The number of nitrogens with one attached hydrogen (secondary N) is 1. The van der Waals surface area contributed by atoms with Crippen molar-refractivity contribution in [3.05, 3.63) is 17.8 Å². The Balaban J connectivity index is 1.73. The van der Waals surface area contributed by atoms with E-state index < -0.39 is 0 Å². The Morgan fingerprint density at radius 2 is 2.30 bits per heavy atom. The molecular weight excluding hydrogens is 314 g/mol. The minimum Gasteiger partial charge on any atom is -0.383 e. The van der Waals surface area contributed by atoms with Crippen molar-refractivity contribution in [1.29, 1.82) is 0 Å². The van der Waals surface area contributed by atoms with Crippen LogP contribution >= 0.6 is 34.4 Å². The van der Waals surface area contributed by atoms with Crippen molar-refractivity contribution < 1.29 is 4.74 Å². The molecule has 0 bridgehead atoms. The van der Waals surface area contributed by atoms with Gasteiger partial charge in [0, 0.05) is 19.0 Å². The average molecular weight is 325 g/mol. The number of rotatable bonds is 6. The Labute approximate surface area is 127 Å². The summed E-state index contributed by atoms with van der Waals surface area (Å²) in [6.07, 6.45) is 1.58. The van der Waals surface area contributed by atoms with Gasteiger partial charge in [0.25, 0.3) is 0 Å². The van der Waals surface area contributed by atoms with Gasteiger partial charge in [-0.15, -0.1) is 21.5 Å². The van der Waals surface area contributed by atoms with Gasteiger partial charge < -0.3 is 10.1 Å². The third-order valence-electron chi connectivity index (χ3n) is 2.40. The van der Waals surface area contributed by atoms with Crippen LogP contribution in [0.2, 0.25) is 0 Å². The molecule has 0 aromatic carbocycles. The second-order valence-electron chi connectivity index (χ2n) is 3.71. The molecule has 1 N–H and O–H groups in total. The minimum atomic E-state index is 0.642. The van der Waals surface area contributed by atoms with Gasteiger partial charge in [0.2, 0.25) is 5.13 Å². The maximum Gasteiger partial charge on any atom is 0.206 e. The first kappa shape index (κ1) is 13.7.